The molecule has 14 heterocycles. The minimum atomic E-state index is 0.798. The number of para-hydroxylation sites is 2. The summed E-state index contributed by atoms with van der Waals surface area (Å²) in [5.74, 6) is 0. The van der Waals surface area contributed by atoms with Crippen LogP contribution in [0.25, 0.3) is 243 Å². The van der Waals surface area contributed by atoms with Gasteiger partial charge in [0.2, 0.25) is 0 Å². The number of furan rings is 6. The largest absolute Gasteiger partial charge is 0.456 e. The first-order valence-corrected chi connectivity index (χ1v) is 38.3. The molecule has 12 aromatic carbocycles. The van der Waals surface area contributed by atoms with Crippen molar-refractivity contribution < 1.29 is 26.5 Å². The van der Waals surface area contributed by atoms with Crippen molar-refractivity contribution >= 4 is 176 Å². The predicted octanol–water partition coefficient (Wildman–Crippen LogP) is 27.4. The molecule has 26 aromatic rings. The normalized spacial score (nSPS) is 12.0. The Labute approximate surface area is 657 Å². The summed E-state index contributed by atoms with van der Waals surface area (Å²) in [5.41, 5.74) is 30.2. The zero-order valence-electron chi connectivity index (χ0n) is 61.5. The van der Waals surface area contributed by atoms with E-state index in [-0.39, 0.29) is 0 Å². The van der Waals surface area contributed by atoms with E-state index in [9.17, 15) is 0 Å². The molecule has 0 aliphatic heterocycles. The molecule has 0 amide bonds. The van der Waals surface area contributed by atoms with Gasteiger partial charge in [-0.15, -0.1) is 0 Å². The fourth-order valence-corrected chi connectivity index (χ4v) is 17.3. The molecule has 0 saturated heterocycles. The zero-order valence-corrected chi connectivity index (χ0v) is 61.5. The van der Waals surface area contributed by atoms with E-state index >= 15 is 0 Å². The fraction of sp³-hybridized carbons (Fsp3) is 0. The minimum absolute atomic E-state index is 0.798. The van der Waals surface area contributed by atoms with Crippen molar-refractivity contribution in [1.29, 1.82) is 0 Å². The second-order valence-corrected chi connectivity index (χ2v) is 29.3. The van der Waals surface area contributed by atoms with Crippen molar-refractivity contribution in [2.45, 2.75) is 0 Å². The summed E-state index contributed by atoms with van der Waals surface area (Å²) in [4.78, 5) is 26.0. The van der Waals surface area contributed by atoms with Crippen LogP contribution in [0.4, 0.5) is 0 Å². The van der Waals surface area contributed by atoms with Crippen LogP contribution in [0.5, 0.6) is 0 Å². The zero-order chi connectivity index (χ0) is 76.1. The van der Waals surface area contributed by atoms with Crippen LogP contribution >= 0.6 is 0 Å². The number of benzene rings is 12. The quantitative estimate of drug-likeness (QED) is 0.148. The molecule has 14 nitrogen and oxygen atoms in total. The van der Waals surface area contributed by atoms with Crippen LogP contribution in [0, 0.1) is 0 Å². The van der Waals surface area contributed by atoms with Gasteiger partial charge in [-0.05, 0) is 238 Å². The molecular weight excluding hydrogens is 1430 g/mol. The summed E-state index contributed by atoms with van der Waals surface area (Å²) < 4.78 is 40.7. The maximum Gasteiger partial charge on any atom is 0.153 e. The summed E-state index contributed by atoms with van der Waals surface area (Å²) in [7, 11) is 0. The number of aromatic nitrogens is 8. The first kappa shape index (κ1) is 64.7. The monoisotopic (exact) mass is 1490 g/mol. The Morgan fingerprint density at radius 2 is 0.491 bits per heavy atom. The molecule has 0 N–H and O–H groups in total. The van der Waals surface area contributed by atoms with Crippen LogP contribution in [-0.4, -0.2) is 39.0 Å². The summed E-state index contributed by atoms with van der Waals surface area (Å²) in [6.45, 7) is 0. The van der Waals surface area contributed by atoms with Crippen LogP contribution in [0.15, 0.2) is 380 Å². The molecule has 14 aromatic heterocycles. The summed E-state index contributed by atoms with van der Waals surface area (Å²) in [6.07, 6.45) is 18.0. The molecule has 14 heteroatoms. The molecule has 26 rings (SSSR count). The maximum absolute atomic E-state index is 6.10. The van der Waals surface area contributed by atoms with Crippen molar-refractivity contribution in [2.75, 3.05) is 0 Å². The molecule has 0 saturated carbocycles. The van der Waals surface area contributed by atoms with Gasteiger partial charge in [0.05, 0.1) is 34.5 Å². The summed E-state index contributed by atoms with van der Waals surface area (Å²) in [5, 5.41) is 15.5. The van der Waals surface area contributed by atoms with Crippen molar-refractivity contribution in [3.63, 3.8) is 0 Å². The van der Waals surface area contributed by atoms with E-state index in [1.54, 1.807) is 37.2 Å². The first-order chi connectivity index (χ1) is 57.4. The number of pyridine rings is 6. The van der Waals surface area contributed by atoms with Crippen LogP contribution in [-0.2, 0) is 0 Å². The molecule has 542 valence electrons. The van der Waals surface area contributed by atoms with Gasteiger partial charge >= 0.3 is 0 Å². The summed E-state index contributed by atoms with van der Waals surface area (Å²) >= 11 is 0. The van der Waals surface area contributed by atoms with Gasteiger partial charge in [-0.25, -0.2) is 0 Å². The number of hydrogen-bond acceptors (Lipinski definition) is 12. The highest BCUT2D eigenvalue weighted by molar-refractivity contribution is 6.16. The molecule has 0 radical (unpaired) electrons. The van der Waals surface area contributed by atoms with E-state index in [1.807, 2.05) is 97.6 Å². The van der Waals surface area contributed by atoms with Crippen molar-refractivity contribution in [3.05, 3.63) is 353 Å². The molecule has 0 fully saturated rings. The van der Waals surface area contributed by atoms with Crippen LogP contribution < -0.4 is 0 Å². The first-order valence-electron chi connectivity index (χ1n) is 38.3. The van der Waals surface area contributed by atoms with E-state index in [0.717, 1.165) is 199 Å². The third kappa shape index (κ3) is 10.5. The van der Waals surface area contributed by atoms with Gasteiger partial charge in [0.1, 0.15) is 55.7 Å². The standard InChI is InChI=1S/C46H26N4O2.2C28H16N2O2/c1-3-7-39-31(5-1)35-21-27(9-13-41(35)49(39)29-11-15-43-37(23-29)33-17-19-47-25-45(33)51-43)28-10-14-42-36(22-28)32-6-2-4-8-40(32)50(42)30-12-16-44-38(24-30)34-18-20-48-26-46(34)52-44;1-4-17(19-8-10-23-21(15-19)27-25(31-23)6-2-12-29-27)14-18(5-1)20-9-11-24-22(16-20)28-26(32-24)7-3-13-30-28;1-2-17(19-4-6-25-21(13-19)23-15-29-10-8-27(23)31-25)12-18(3-1)20-5-7-26-22(14-20)24-16-30-11-9-28(24)32-26/h1-26H;2*1-16H. The van der Waals surface area contributed by atoms with Gasteiger partial charge in [-0.2, -0.15) is 0 Å². The van der Waals surface area contributed by atoms with E-state index in [2.05, 4.69) is 257 Å². The maximum atomic E-state index is 6.10. The molecule has 0 unspecified atom stereocenters. The lowest BCUT2D eigenvalue weighted by Gasteiger charge is -2.10. The third-order valence-electron chi connectivity index (χ3n) is 22.8. The molecule has 0 aliphatic rings. The highest BCUT2D eigenvalue weighted by Gasteiger charge is 2.21. The molecule has 0 bridgehead atoms. The Morgan fingerprint density at radius 3 is 0.931 bits per heavy atom. The van der Waals surface area contributed by atoms with Gasteiger partial charge in [-0.1, -0.05) is 109 Å². The SMILES string of the molecule is c1cc(-c2ccc3oc4cccnc4c3c2)cc(-c2ccc3oc4cccnc4c3c2)c1.c1cc(-c2ccc3oc4ccncc4c3c2)cc(-c2ccc3oc4ccncc4c3c2)c1.c1ccc2c(c1)c1cc(-c3ccc4c(c3)c3ccccc3n4-c3ccc4oc5cnccc5c4c3)ccc1n2-c1ccc2oc3cnccc3c2c1. The number of nitrogens with zero attached hydrogens (tertiary/aromatic N) is 8. The smallest absolute Gasteiger partial charge is 0.153 e. The van der Waals surface area contributed by atoms with Crippen LogP contribution in [0.1, 0.15) is 0 Å². The summed E-state index contributed by atoms with van der Waals surface area (Å²) in [6, 6.07) is 102. The Hall–Kier alpha value is -16.1. The third-order valence-corrected chi connectivity index (χ3v) is 22.8. The molecule has 0 aliphatic carbocycles. The minimum Gasteiger partial charge on any atom is -0.456 e. The highest BCUT2D eigenvalue weighted by Crippen LogP contribution is 2.44. The lowest BCUT2D eigenvalue weighted by Crippen LogP contribution is -1.93. The average Bonchev–Trinajstić information content (AvgIpc) is 1.58. The van der Waals surface area contributed by atoms with Gasteiger partial charge in [0, 0.05) is 136 Å². The van der Waals surface area contributed by atoms with Gasteiger partial charge in [-0.3, -0.25) is 29.9 Å². The van der Waals surface area contributed by atoms with E-state index < -0.39 is 0 Å². The van der Waals surface area contributed by atoms with Crippen molar-refractivity contribution in [3.8, 4) is 67.0 Å². The van der Waals surface area contributed by atoms with Crippen LogP contribution in [0.3, 0.4) is 0 Å². The van der Waals surface area contributed by atoms with Crippen molar-refractivity contribution in [1.82, 2.24) is 39.0 Å². The number of rotatable bonds is 7. The Balaban J connectivity index is 0.000000105. The molecule has 0 atom stereocenters. The second-order valence-electron chi connectivity index (χ2n) is 29.3. The lowest BCUT2D eigenvalue weighted by molar-refractivity contribution is 0.666. The van der Waals surface area contributed by atoms with Gasteiger partial charge in [0.15, 0.2) is 22.3 Å². The topological polar surface area (TPSA) is 166 Å². The lowest BCUT2D eigenvalue weighted by atomic mass is 9.97. The number of hydrogen-bond donors (Lipinski definition) is 0. The van der Waals surface area contributed by atoms with E-state index in [0.29, 0.717) is 0 Å². The van der Waals surface area contributed by atoms with Gasteiger partial charge < -0.3 is 35.6 Å². The highest BCUT2D eigenvalue weighted by atomic mass is 16.3. The van der Waals surface area contributed by atoms with E-state index in [4.69, 9.17) is 26.5 Å². The predicted molar refractivity (Wildman–Crippen MR) is 466 cm³/mol. The molecule has 116 heavy (non-hydrogen) atoms. The second kappa shape index (κ2) is 25.8. The fourth-order valence-electron chi connectivity index (χ4n) is 17.3. The van der Waals surface area contributed by atoms with E-state index in [1.165, 1.54) is 43.7 Å². The average molecular weight is 1490 g/mol. The Kier molecular flexibility index (Phi) is 14.4. The van der Waals surface area contributed by atoms with Gasteiger partial charge in [0.25, 0.3) is 0 Å². The van der Waals surface area contributed by atoms with Crippen molar-refractivity contribution in [2.24, 2.45) is 0 Å². The number of fused-ring (bicyclic) bond motifs is 24. The Morgan fingerprint density at radius 1 is 0.172 bits per heavy atom. The van der Waals surface area contributed by atoms with Crippen LogP contribution in [0.2, 0.25) is 0 Å². The Bertz CT molecular complexity index is 7790. The molecule has 0 spiro atoms. The molecular formula is C102H58N8O6.